The lowest BCUT2D eigenvalue weighted by Crippen LogP contribution is -2.22. The summed E-state index contributed by atoms with van der Waals surface area (Å²) in [6.07, 6.45) is 1.36. The number of nitrogens with two attached hydrogens (primary N) is 2. The minimum absolute atomic E-state index is 0.161. The molecule has 0 aliphatic carbocycles. The van der Waals surface area contributed by atoms with E-state index in [0.29, 0.717) is 5.69 Å². The maximum atomic E-state index is 10.6. The van der Waals surface area contributed by atoms with Crippen molar-refractivity contribution < 1.29 is 8.42 Å². The molecule has 13 heavy (non-hydrogen) atoms. The van der Waals surface area contributed by atoms with E-state index in [1.807, 2.05) is 4.72 Å². The zero-order valence-electron chi connectivity index (χ0n) is 6.98. The van der Waals surface area contributed by atoms with Gasteiger partial charge in [-0.2, -0.15) is 8.42 Å². The highest BCUT2D eigenvalue weighted by Gasteiger charge is 2.04. The number of aryl methyl sites for hydroxylation is 1. The first-order valence-corrected chi connectivity index (χ1v) is 4.96. The van der Waals surface area contributed by atoms with Crippen LogP contribution in [0, 0.1) is 6.92 Å². The van der Waals surface area contributed by atoms with Gasteiger partial charge in [0.25, 0.3) is 10.2 Å². The van der Waals surface area contributed by atoms with Crippen LogP contribution in [0.1, 0.15) is 5.56 Å². The lowest BCUT2D eigenvalue weighted by atomic mass is 10.2. The van der Waals surface area contributed by atoms with E-state index < -0.39 is 10.2 Å². The van der Waals surface area contributed by atoms with Gasteiger partial charge in [0.2, 0.25) is 0 Å². The SMILES string of the molecule is Cc1cc(NS(N)(=O)=O)ncc1N. The Morgan fingerprint density at radius 1 is 1.54 bits per heavy atom. The Balaban J connectivity index is 2.99. The van der Waals surface area contributed by atoms with Crippen molar-refractivity contribution in [3.8, 4) is 0 Å². The highest BCUT2D eigenvalue weighted by Crippen LogP contribution is 2.13. The highest BCUT2D eigenvalue weighted by molar-refractivity contribution is 7.90. The first-order valence-electron chi connectivity index (χ1n) is 3.41. The minimum Gasteiger partial charge on any atom is -0.397 e. The summed E-state index contributed by atoms with van der Waals surface area (Å²) in [4.78, 5) is 3.73. The van der Waals surface area contributed by atoms with Gasteiger partial charge >= 0.3 is 0 Å². The number of nitrogens with one attached hydrogen (secondary N) is 1. The summed E-state index contributed by atoms with van der Waals surface area (Å²) in [7, 11) is -3.76. The normalized spacial score (nSPS) is 11.2. The molecule has 1 aromatic heterocycles. The summed E-state index contributed by atoms with van der Waals surface area (Å²) in [6, 6.07) is 1.50. The Bertz CT molecular complexity index is 415. The van der Waals surface area contributed by atoms with Crippen LogP contribution in [-0.4, -0.2) is 13.4 Å². The summed E-state index contributed by atoms with van der Waals surface area (Å²) < 4.78 is 23.2. The third kappa shape index (κ3) is 2.88. The monoisotopic (exact) mass is 202 g/mol. The van der Waals surface area contributed by atoms with Gasteiger partial charge in [-0.15, -0.1) is 0 Å². The Morgan fingerprint density at radius 2 is 2.15 bits per heavy atom. The third-order valence-electron chi connectivity index (χ3n) is 1.40. The quantitative estimate of drug-likeness (QED) is 0.605. The molecule has 5 N–H and O–H groups in total. The van der Waals surface area contributed by atoms with E-state index in [1.54, 1.807) is 6.92 Å². The molecule has 0 spiro atoms. The molecule has 0 unspecified atom stereocenters. The number of anilines is 2. The van der Waals surface area contributed by atoms with E-state index in [0.717, 1.165) is 5.56 Å². The molecule has 1 heterocycles. The minimum atomic E-state index is -3.76. The molecule has 0 amide bonds. The summed E-state index contributed by atoms with van der Waals surface area (Å²) >= 11 is 0. The number of hydrogen-bond donors (Lipinski definition) is 3. The van der Waals surface area contributed by atoms with Crippen molar-refractivity contribution in [2.24, 2.45) is 5.14 Å². The van der Waals surface area contributed by atoms with Crippen LogP contribution in [0.5, 0.6) is 0 Å². The second kappa shape index (κ2) is 3.19. The zero-order valence-corrected chi connectivity index (χ0v) is 7.80. The molecule has 1 aromatic rings. The van der Waals surface area contributed by atoms with Crippen LogP contribution in [0.3, 0.4) is 0 Å². The average molecular weight is 202 g/mol. The fourth-order valence-electron chi connectivity index (χ4n) is 0.768. The molecule has 0 bridgehead atoms. The molecule has 0 radical (unpaired) electrons. The van der Waals surface area contributed by atoms with Gasteiger partial charge < -0.3 is 5.73 Å². The number of aromatic nitrogens is 1. The van der Waals surface area contributed by atoms with E-state index >= 15 is 0 Å². The van der Waals surface area contributed by atoms with E-state index in [9.17, 15) is 8.42 Å². The molecule has 6 nitrogen and oxygen atoms in total. The van der Waals surface area contributed by atoms with Crippen molar-refractivity contribution in [3.63, 3.8) is 0 Å². The number of nitrogens with zero attached hydrogens (tertiary/aromatic N) is 1. The fourth-order valence-corrected chi connectivity index (χ4v) is 1.17. The molecule has 0 aromatic carbocycles. The van der Waals surface area contributed by atoms with Crippen molar-refractivity contribution in [2.45, 2.75) is 6.92 Å². The van der Waals surface area contributed by atoms with Crippen LogP contribution in [0.15, 0.2) is 12.3 Å². The van der Waals surface area contributed by atoms with Crippen LogP contribution in [0.25, 0.3) is 0 Å². The molecule has 1 rings (SSSR count). The number of nitrogen functional groups attached to an aromatic ring is 1. The zero-order chi connectivity index (χ0) is 10.1. The van der Waals surface area contributed by atoms with Gasteiger partial charge in [0.15, 0.2) is 0 Å². The Hall–Kier alpha value is -1.34. The summed E-state index contributed by atoms with van der Waals surface area (Å²) in [6.45, 7) is 1.74. The maximum Gasteiger partial charge on any atom is 0.297 e. The Morgan fingerprint density at radius 3 is 2.62 bits per heavy atom. The Labute approximate surface area is 76.1 Å². The van der Waals surface area contributed by atoms with Gasteiger partial charge in [0.05, 0.1) is 11.9 Å². The first kappa shape index (κ1) is 9.75. The Kier molecular flexibility index (Phi) is 2.39. The smallest absolute Gasteiger partial charge is 0.297 e. The highest BCUT2D eigenvalue weighted by atomic mass is 32.2. The molecular formula is C6H10N4O2S. The van der Waals surface area contributed by atoms with Crippen molar-refractivity contribution in [2.75, 3.05) is 10.5 Å². The van der Waals surface area contributed by atoms with E-state index in [2.05, 4.69) is 4.98 Å². The van der Waals surface area contributed by atoms with Gasteiger partial charge in [-0.3, -0.25) is 4.72 Å². The lowest BCUT2D eigenvalue weighted by Gasteiger charge is -2.04. The molecule has 0 saturated heterocycles. The van der Waals surface area contributed by atoms with Crippen LogP contribution in [0.2, 0.25) is 0 Å². The molecular weight excluding hydrogens is 192 g/mol. The standard InChI is InChI=1S/C6H10N4O2S/c1-4-2-6(9-3-5(4)7)10-13(8,11)12/h2-3H,7H2,1H3,(H,9,10)(H2,8,11,12). The lowest BCUT2D eigenvalue weighted by molar-refractivity contribution is 0.602. The molecule has 7 heteroatoms. The maximum absolute atomic E-state index is 10.6. The molecule has 0 aliphatic heterocycles. The predicted octanol–water partition coefficient (Wildman–Crippen LogP) is -0.412. The third-order valence-corrected chi connectivity index (χ3v) is 1.89. The number of rotatable bonds is 2. The van der Waals surface area contributed by atoms with Crippen molar-refractivity contribution >= 4 is 21.7 Å². The van der Waals surface area contributed by atoms with E-state index in [-0.39, 0.29) is 5.82 Å². The number of pyridine rings is 1. The van der Waals surface area contributed by atoms with Crippen LogP contribution < -0.4 is 15.6 Å². The van der Waals surface area contributed by atoms with Crippen LogP contribution >= 0.6 is 0 Å². The fraction of sp³-hybridized carbons (Fsp3) is 0.167. The molecule has 0 aliphatic rings. The second-order valence-electron chi connectivity index (χ2n) is 2.57. The van der Waals surface area contributed by atoms with Crippen LogP contribution in [0.4, 0.5) is 11.5 Å². The average Bonchev–Trinajstić information content (AvgIpc) is 1.94. The summed E-state index contributed by atoms with van der Waals surface area (Å²) in [5.41, 5.74) is 6.72. The largest absolute Gasteiger partial charge is 0.397 e. The predicted molar refractivity (Wildman–Crippen MR) is 50.1 cm³/mol. The van der Waals surface area contributed by atoms with Gasteiger partial charge in [-0.1, -0.05) is 0 Å². The van der Waals surface area contributed by atoms with Crippen LogP contribution in [-0.2, 0) is 10.2 Å². The van der Waals surface area contributed by atoms with E-state index in [4.69, 9.17) is 10.9 Å². The molecule has 0 atom stereocenters. The van der Waals surface area contributed by atoms with Gasteiger partial charge in [-0.05, 0) is 18.6 Å². The topological polar surface area (TPSA) is 111 Å². The molecule has 0 saturated carbocycles. The van der Waals surface area contributed by atoms with Gasteiger partial charge in [0, 0.05) is 0 Å². The first-order chi connectivity index (χ1) is 5.88. The van der Waals surface area contributed by atoms with E-state index in [1.165, 1.54) is 12.3 Å². The van der Waals surface area contributed by atoms with Crippen molar-refractivity contribution in [1.82, 2.24) is 4.98 Å². The van der Waals surface area contributed by atoms with Crippen molar-refractivity contribution in [3.05, 3.63) is 17.8 Å². The van der Waals surface area contributed by atoms with Gasteiger partial charge in [-0.25, -0.2) is 10.1 Å². The molecule has 0 fully saturated rings. The second-order valence-corrected chi connectivity index (χ2v) is 3.87. The summed E-state index contributed by atoms with van der Waals surface area (Å²) in [5.74, 6) is 0.161. The van der Waals surface area contributed by atoms with Gasteiger partial charge in [0.1, 0.15) is 5.82 Å². The number of hydrogen-bond acceptors (Lipinski definition) is 4. The van der Waals surface area contributed by atoms with Crippen molar-refractivity contribution in [1.29, 1.82) is 0 Å². The molecule has 72 valence electrons. The summed E-state index contributed by atoms with van der Waals surface area (Å²) in [5, 5.41) is 4.75.